The zero-order valence-electron chi connectivity index (χ0n) is 11.5. The maximum absolute atomic E-state index is 13.5. The Hall–Kier alpha value is -0.230. The van der Waals surface area contributed by atoms with E-state index in [9.17, 15) is 4.39 Å². The van der Waals surface area contributed by atoms with Gasteiger partial charge in [0.2, 0.25) is 0 Å². The number of benzene rings is 2. The van der Waals surface area contributed by atoms with Gasteiger partial charge < -0.3 is 5.32 Å². The van der Waals surface area contributed by atoms with E-state index in [0.29, 0.717) is 0 Å². The number of rotatable bonds is 5. The summed E-state index contributed by atoms with van der Waals surface area (Å²) in [6.07, 6.45) is 0.721. The zero-order valence-corrected chi connectivity index (χ0v) is 16.2. The molecule has 0 radical (unpaired) electrons. The van der Waals surface area contributed by atoms with Crippen LogP contribution >= 0.6 is 47.8 Å². The highest BCUT2D eigenvalue weighted by atomic mass is 79.9. The molecule has 1 atom stereocenters. The Balaban J connectivity index is 2.32. The third-order valence-electron chi connectivity index (χ3n) is 3.15. The quantitative estimate of drug-likeness (QED) is 0.554. The first kappa shape index (κ1) is 17.1. The Morgan fingerprint density at radius 2 is 1.81 bits per heavy atom. The van der Waals surface area contributed by atoms with E-state index < -0.39 is 0 Å². The maximum Gasteiger partial charge on any atom is 0.124 e. The molecule has 0 aliphatic rings. The number of hydrogen-bond donors (Lipinski definition) is 1. The molecule has 1 N–H and O–H groups in total. The number of halogens is 4. The molecule has 0 amide bonds. The van der Waals surface area contributed by atoms with Crippen LogP contribution in [0.1, 0.15) is 24.1 Å². The van der Waals surface area contributed by atoms with Gasteiger partial charge in [-0.15, -0.1) is 0 Å². The van der Waals surface area contributed by atoms with Crippen molar-refractivity contribution in [1.29, 1.82) is 0 Å². The molecule has 0 heterocycles. The molecule has 2 aromatic carbocycles. The molecule has 0 saturated heterocycles. The van der Waals surface area contributed by atoms with Crippen LogP contribution in [0.5, 0.6) is 0 Å². The molecule has 0 aliphatic carbocycles. The van der Waals surface area contributed by atoms with E-state index in [1.54, 1.807) is 6.07 Å². The fourth-order valence-electron chi connectivity index (χ4n) is 2.28. The Bertz CT molecular complexity index is 611. The average Bonchev–Trinajstić information content (AvgIpc) is 2.40. The highest BCUT2D eigenvalue weighted by molar-refractivity contribution is 9.11. The summed E-state index contributed by atoms with van der Waals surface area (Å²) in [5.74, 6) is -0.220. The molecular weight excluding hydrogens is 465 g/mol. The van der Waals surface area contributed by atoms with Gasteiger partial charge in [0.25, 0.3) is 0 Å². The molecule has 0 spiro atoms. The first-order chi connectivity index (χ1) is 9.99. The molecule has 2 rings (SSSR count). The van der Waals surface area contributed by atoms with Crippen LogP contribution in [-0.4, -0.2) is 6.54 Å². The molecule has 5 heteroatoms. The van der Waals surface area contributed by atoms with Gasteiger partial charge in [0.1, 0.15) is 5.82 Å². The molecule has 0 bridgehead atoms. The number of likely N-dealkylation sites (N-methyl/N-ethyl adjacent to an activating group) is 1. The average molecular weight is 480 g/mol. The van der Waals surface area contributed by atoms with Gasteiger partial charge in [-0.25, -0.2) is 4.39 Å². The van der Waals surface area contributed by atoms with Crippen LogP contribution in [0, 0.1) is 5.82 Å². The minimum absolute atomic E-state index is 0.121. The topological polar surface area (TPSA) is 12.0 Å². The van der Waals surface area contributed by atoms with E-state index in [2.05, 4.69) is 66.1 Å². The van der Waals surface area contributed by atoms with Gasteiger partial charge >= 0.3 is 0 Å². The van der Waals surface area contributed by atoms with Crippen molar-refractivity contribution >= 4 is 47.8 Å². The van der Waals surface area contributed by atoms with Crippen molar-refractivity contribution in [2.75, 3.05) is 6.54 Å². The van der Waals surface area contributed by atoms with Gasteiger partial charge in [-0.3, -0.25) is 0 Å². The van der Waals surface area contributed by atoms with Crippen LogP contribution in [-0.2, 0) is 6.42 Å². The summed E-state index contributed by atoms with van der Waals surface area (Å²) in [4.78, 5) is 0. The molecule has 0 aliphatic heterocycles. The minimum atomic E-state index is -0.220. The van der Waals surface area contributed by atoms with Gasteiger partial charge in [-0.2, -0.15) is 0 Å². The third kappa shape index (κ3) is 4.88. The van der Waals surface area contributed by atoms with Crippen LogP contribution in [0.15, 0.2) is 49.8 Å². The second-order valence-electron chi connectivity index (χ2n) is 4.76. The van der Waals surface area contributed by atoms with Crippen LogP contribution in [0.3, 0.4) is 0 Å². The van der Waals surface area contributed by atoms with Gasteiger partial charge in [0, 0.05) is 19.5 Å². The van der Waals surface area contributed by atoms with Gasteiger partial charge in [-0.1, -0.05) is 54.7 Å². The van der Waals surface area contributed by atoms with Gasteiger partial charge in [0.05, 0.1) is 0 Å². The first-order valence-electron chi connectivity index (χ1n) is 6.63. The van der Waals surface area contributed by atoms with E-state index in [1.807, 2.05) is 18.2 Å². The highest BCUT2D eigenvalue weighted by Crippen LogP contribution is 2.30. The lowest BCUT2D eigenvalue weighted by molar-refractivity contribution is 0.544. The summed E-state index contributed by atoms with van der Waals surface area (Å²) in [5.41, 5.74) is 2.12. The van der Waals surface area contributed by atoms with Crippen LogP contribution in [0.4, 0.5) is 4.39 Å². The smallest absolute Gasteiger partial charge is 0.124 e. The molecule has 0 aromatic heterocycles. The Morgan fingerprint density at radius 1 is 1.05 bits per heavy atom. The van der Waals surface area contributed by atoms with Crippen molar-refractivity contribution in [2.24, 2.45) is 0 Å². The Labute approximate surface area is 149 Å². The van der Waals surface area contributed by atoms with Crippen molar-refractivity contribution in [3.8, 4) is 0 Å². The van der Waals surface area contributed by atoms with E-state index >= 15 is 0 Å². The fourth-order valence-corrected chi connectivity index (χ4v) is 3.70. The second-order valence-corrected chi connectivity index (χ2v) is 7.44. The second kappa shape index (κ2) is 7.86. The lowest BCUT2D eigenvalue weighted by Gasteiger charge is -2.20. The monoisotopic (exact) mass is 477 g/mol. The van der Waals surface area contributed by atoms with Gasteiger partial charge in [0.15, 0.2) is 0 Å². The molecule has 2 aromatic rings. The molecule has 1 unspecified atom stereocenters. The van der Waals surface area contributed by atoms with E-state index in [4.69, 9.17) is 0 Å². The van der Waals surface area contributed by atoms with Crippen LogP contribution in [0.2, 0.25) is 0 Å². The molecule has 21 heavy (non-hydrogen) atoms. The van der Waals surface area contributed by atoms with Crippen molar-refractivity contribution in [1.82, 2.24) is 5.32 Å². The van der Waals surface area contributed by atoms with E-state index in [1.165, 1.54) is 6.07 Å². The van der Waals surface area contributed by atoms with Crippen molar-refractivity contribution in [3.05, 3.63) is 66.8 Å². The summed E-state index contributed by atoms with van der Waals surface area (Å²) < 4.78 is 16.4. The van der Waals surface area contributed by atoms with Crippen LogP contribution in [0.25, 0.3) is 0 Å². The summed E-state index contributed by atoms with van der Waals surface area (Å²) >= 11 is 10.5. The van der Waals surface area contributed by atoms with Crippen LogP contribution < -0.4 is 5.32 Å². The minimum Gasteiger partial charge on any atom is -0.310 e. The van der Waals surface area contributed by atoms with Gasteiger partial charge in [-0.05, 0) is 60.5 Å². The lowest BCUT2D eigenvalue weighted by atomic mass is 9.99. The number of hydrogen-bond acceptors (Lipinski definition) is 1. The molecule has 112 valence electrons. The predicted octanol–water partition coefficient (Wildman–Crippen LogP) is 6.01. The standard InChI is InChI=1S/C16H15Br3FN/c1-2-21-16(14-9-11(17)3-4-15(14)19)7-10-5-12(18)8-13(20)6-10/h3-6,8-9,16,21H,2,7H2,1H3. The highest BCUT2D eigenvalue weighted by Gasteiger charge is 2.15. The van der Waals surface area contributed by atoms with E-state index in [-0.39, 0.29) is 11.9 Å². The van der Waals surface area contributed by atoms with E-state index in [0.717, 1.165) is 37.5 Å². The van der Waals surface area contributed by atoms with Crippen molar-refractivity contribution in [3.63, 3.8) is 0 Å². The predicted molar refractivity (Wildman–Crippen MR) is 96.1 cm³/mol. The maximum atomic E-state index is 13.5. The molecule has 1 nitrogen and oxygen atoms in total. The summed E-state index contributed by atoms with van der Waals surface area (Å²) in [6.45, 7) is 2.92. The summed E-state index contributed by atoms with van der Waals surface area (Å²) in [7, 11) is 0. The largest absolute Gasteiger partial charge is 0.310 e. The Kier molecular flexibility index (Phi) is 6.41. The van der Waals surface area contributed by atoms with Crippen molar-refractivity contribution in [2.45, 2.75) is 19.4 Å². The lowest BCUT2D eigenvalue weighted by Crippen LogP contribution is -2.23. The number of nitrogens with one attached hydrogen (secondary N) is 1. The normalized spacial score (nSPS) is 12.4. The Morgan fingerprint density at radius 3 is 2.48 bits per heavy atom. The van der Waals surface area contributed by atoms with Crippen molar-refractivity contribution < 1.29 is 4.39 Å². The SMILES string of the molecule is CCNC(Cc1cc(F)cc(Br)c1)c1cc(Br)ccc1Br. The first-order valence-corrected chi connectivity index (χ1v) is 9.00. The zero-order chi connectivity index (χ0) is 15.4. The molecule has 0 saturated carbocycles. The molecular formula is C16H15Br3FN. The third-order valence-corrected chi connectivity index (χ3v) is 4.82. The fraction of sp³-hybridized carbons (Fsp3) is 0.250. The summed E-state index contributed by atoms with van der Waals surface area (Å²) in [6, 6.07) is 11.2. The summed E-state index contributed by atoms with van der Waals surface area (Å²) in [5, 5.41) is 3.47. The molecule has 0 fully saturated rings.